The molecular weight excluding hydrogens is 290 g/mol. The minimum atomic E-state index is -0.259. The van der Waals surface area contributed by atoms with Gasteiger partial charge in [0.15, 0.2) is 0 Å². The van der Waals surface area contributed by atoms with Crippen LogP contribution in [0.15, 0.2) is 18.2 Å². The van der Waals surface area contributed by atoms with Gasteiger partial charge in [0.05, 0.1) is 11.4 Å². The molecule has 1 fully saturated rings. The lowest BCUT2D eigenvalue weighted by Gasteiger charge is -2.22. The summed E-state index contributed by atoms with van der Waals surface area (Å²) in [5.74, 6) is 0.156. The lowest BCUT2D eigenvalue weighted by molar-refractivity contribution is 0.203. The van der Waals surface area contributed by atoms with Gasteiger partial charge < -0.3 is 20.6 Å². The van der Waals surface area contributed by atoms with E-state index in [2.05, 4.69) is 10.6 Å². The molecule has 0 radical (unpaired) electrons. The summed E-state index contributed by atoms with van der Waals surface area (Å²) in [6.07, 6.45) is 2.91. The molecule has 0 aliphatic heterocycles. The summed E-state index contributed by atoms with van der Waals surface area (Å²) in [4.78, 5) is 14.1. The van der Waals surface area contributed by atoms with Gasteiger partial charge in [-0.05, 0) is 31.0 Å². The van der Waals surface area contributed by atoms with Gasteiger partial charge in [0, 0.05) is 37.7 Å². The second kappa shape index (κ2) is 7.00. The van der Waals surface area contributed by atoms with Crippen LogP contribution in [0.1, 0.15) is 19.3 Å². The SMILES string of the molecule is CN(C)c1ccc(Cl)cc1NC(=O)N[C@@H]1CCC[C@H]1CO. The fourth-order valence-electron chi connectivity index (χ4n) is 2.77. The third-order valence-electron chi connectivity index (χ3n) is 3.90. The summed E-state index contributed by atoms with van der Waals surface area (Å²) in [6, 6.07) is 5.17. The van der Waals surface area contributed by atoms with Crippen molar-refractivity contribution >= 4 is 29.0 Å². The molecule has 1 aliphatic carbocycles. The third kappa shape index (κ3) is 4.02. The van der Waals surface area contributed by atoms with Crippen molar-refractivity contribution in [3.05, 3.63) is 23.2 Å². The Balaban J connectivity index is 2.04. The van der Waals surface area contributed by atoms with Gasteiger partial charge in [-0.15, -0.1) is 0 Å². The van der Waals surface area contributed by atoms with Crippen molar-refractivity contribution in [1.29, 1.82) is 0 Å². The number of aliphatic hydroxyl groups is 1. The predicted molar refractivity (Wildman–Crippen MR) is 86.1 cm³/mol. The number of anilines is 2. The maximum absolute atomic E-state index is 12.2. The summed E-state index contributed by atoms with van der Waals surface area (Å²) in [5.41, 5.74) is 1.56. The Morgan fingerprint density at radius 1 is 1.43 bits per heavy atom. The summed E-state index contributed by atoms with van der Waals surface area (Å²) >= 11 is 6.00. The second-order valence-electron chi connectivity index (χ2n) is 5.63. The van der Waals surface area contributed by atoms with E-state index in [4.69, 9.17) is 11.6 Å². The molecule has 0 saturated heterocycles. The Labute approximate surface area is 130 Å². The van der Waals surface area contributed by atoms with Gasteiger partial charge in [0.1, 0.15) is 0 Å². The molecule has 21 heavy (non-hydrogen) atoms. The molecule has 1 aromatic rings. The second-order valence-corrected chi connectivity index (χ2v) is 6.07. The first kappa shape index (κ1) is 15.9. The summed E-state index contributed by atoms with van der Waals surface area (Å²) in [7, 11) is 3.82. The Hall–Kier alpha value is -1.46. The van der Waals surface area contributed by atoms with Crippen molar-refractivity contribution in [2.24, 2.45) is 5.92 Å². The summed E-state index contributed by atoms with van der Waals surface area (Å²) < 4.78 is 0. The summed E-state index contributed by atoms with van der Waals surface area (Å²) in [6.45, 7) is 0.116. The van der Waals surface area contributed by atoms with Crippen LogP contribution in [0.4, 0.5) is 16.2 Å². The Kier molecular flexibility index (Phi) is 5.31. The molecule has 0 unspecified atom stereocenters. The van der Waals surface area contributed by atoms with Crippen LogP contribution < -0.4 is 15.5 Å². The van der Waals surface area contributed by atoms with E-state index >= 15 is 0 Å². The molecular formula is C15H22ClN3O2. The molecule has 5 nitrogen and oxygen atoms in total. The molecule has 0 spiro atoms. The van der Waals surface area contributed by atoms with Crippen LogP contribution in [0.3, 0.4) is 0 Å². The number of carbonyl (C=O) groups is 1. The fourth-order valence-corrected chi connectivity index (χ4v) is 2.94. The van der Waals surface area contributed by atoms with E-state index in [9.17, 15) is 9.90 Å². The Morgan fingerprint density at radius 3 is 2.86 bits per heavy atom. The van der Waals surface area contributed by atoms with E-state index in [1.54, 1.807) is 12.1 Å². The molecule has 0 aromatic heterocycles. The highest BCUT2D eigenvalue weighted by Crippen LogP contribution is 2.28. The molecule has 116 valence electrons. The minimum Gasteiger partial charge on any atom is -0.396 e. The van der Waals surface area contributed by atoms with Gasteiger partial charge in [-0.1, -0.05) is 18.0 Å². The average Bonchev–Trinajstić information content (AvgIpc) is 2.85. The molecule has 1 saturated carbocycles. The predicted octanol–water partition coefficient (Wildman–Crippen LogP) is 2.69. The molecule has 0 heterocycles. The van der Waals surface area contributed by atoms with Gasteiger partial charge >= 0.3 is 6.03 Å². The molecule has 2 atom stereocenters. The topological polar surface area (TPSA) is 64.6 Å². The average molecular weight is 312 g/mol. The standard InChI is InChI=1S/C15H22ClN3O2/c1-19(2)14-7-6-11(16)8-13(14)18-15(21)17-12-5-3-4-10(12)9-20/h6-8,10,12,20H,3-5,9H2,1-2H3,(H2,17,18,21)/t10-,12+/m0/s1. The highest BCUT2D eigenvalue weighted by molar-refractivity contribution is 6.31. The van der Waals surface area contributed by atoms with Crippen LogP contribution in [0, 0.1) is 5.92 Å². The zero-order valence-electron chi connectivity index (χ0n) is 12.4. The Morgan fingerprint density at radius 2 is 2.19 bits per heavy atom. The number of hydrogen-bond donors (Lipinski definition) is 3. The molecule has 1 aliphatic rings. The quantitative estimate of drug-likeness (QED) is 0.801. The molecule has 0 bridgehead atoms. The number of nitrogens with one attached hydrogen (secondary N) is 2. The van der Waals surface area contributed by atoms with E-state index in [1.807, 2.05) is 25.1 Å². The number of urea groups is 1. The lowest BCUT2D eigenvalue weighted by atomic mass is 10.1. The summed E-state index contributed by atoms with van der Waals surface area (Å²) in [5, 5.41) is 15.7. The van der Waals surface area contributed by atoms with Gasteiger partial charge in [-0.25, -0.2) is 4.79 Å². The van der Waals surface area contributed by atoms with E-state index in [0.29, 0.717) is 10.7 Å². The van der Waals surface area contributed by atoms with Crippen LogP contribution in [-0.4, -0.2) is 37.9 Å². The van der Waals surface area contributed by atoms with Crippen molar-refractivity contribution < 1.29 is 9.90 Å². The largest absolute Gasteiger partial charge is 0.396 e. The number of nitrogens with zero attached hydrogens (tertiary/aromatic N) is 1. The zero-order valence-corrected chi connectivity index (χ0v) is 13.2. The molecule has 2 amide bonds. The van der Waals surface area contributed by atoms with Crippen molar-refractivity contribution in [3.63, 3.8) is 0 Å². The minimum absolute atomic E-state index is 0.0389. The van der Waals surface area contributed by atoms with E-state index in [1.165, 1.54) is 0 Å². The maximum Gasteiger partial charge on any atom is 0.319 e. The van der Waals surface area contributed by atoms with Crippen LogP contribution in [0.25, 0.3) is 0 Å². The van der Waals surface area contributed by atoms with Crippen LogP contribution in [0.5, 0.6) is 0 Å². The van der Waals surface area contributed by atoms with Crippen molar-refractivity contribution in [2.75, 3.05) is 30.9 Å². The first-order valence-corrected chi connectivity index (χ1v) is 7.54. The van der Waals surface area contributed by atoms with Crippen LogP contribution in [-0.2, 0) is 0 Å². The van der Waals surface area contributed by atoms with Gasteiger partial charge in [-0.2, -0.15) is 0 Å². The van der Waals surface area contributed by atoms with E-state index in [0.717, 1.165) is 24.9 Å². The number of hydrogen-bond acceptors (Lipinski definition) is 3. The van der Waals surface area contributed by atoms with Crippen LogP contribution >= 0.6 is 11.6 Å². The van der Waals surface area contributed by atoms with Gasteiger partial charge in [0.2, 0.25) is 0 Å². The smallest absolute Gasteiger partial charge is 0.319 e. The lowest BCUT2D eigenvalue weighted by Crippen LogP contribution is -2.41. The van der Waals surface area contributed by atoms with Crippen molar-refractivity contribution in [2.45, 2.75) is 25.3 Å². The molecule has 6 heteroatoms. The number of halogens is 1. The van der Waals surface area contributed by atoms with Crippen molar-refractivity contribution in [1.82, 2.24) is 5.32 Å². The number of amides is 2. The maximum atomic E-state index is 12.2. The third-order valence-corrected chi connectivity index (χ3v) is 4.13. The zero-order chi connectivity index (χ0) is 15.4. The normalized spacial score (nSPS) is 21.1. The molecule has 2 rings (SSSR count). The van der Waals surface area contributed by atoms with E-state index < -0.39 is 0 Å². The number of carbonyl (C=O) groups excluding carboxylic acids is 1. The number of benzene rings is 1. The van der Waals surface area contributed by atoms with Gasteiger partial charge in [0.25, 0.3) is 0 Å². The van der Waals surface area contributed by atoms with Gasteiger partial charge in [-0.3, -0.25) is 0 Å². The molecule has 3 N–H and O–H groups in total. The Bertz CT molecular complexity index is 508. The molecule has 1 aromatic carbocycles. The van der Waals surface area contributed by atoms with E-state index in [-0.39, 0.29) is 24.6 Å². The number of rotatable bonds is 4. The monoisotopic (exact) mass is 311 g/mol. The highest BCUT2D eigenvalue weighted by atomic mass is 35.5. The van der Waals surface area contributed by atoms with Crippen LogP contribution in [0.2, 0.25) is 5.02 Å². The fraction of sp³-hybridized carbons (Fsp3) is 0.533. The van der Waals surface area contributed by atoms with Crippen molar-refractivity contribution in [3.8, 4) is 0 Å². The highest BCUT2D eigenvalue weighted by Gasteiger charge is 2.28. The number of aliphatic hydroxyl groups excluding tert-OH is 1. The first-order valence-electron chi connectivity index (χ1n) is 7.16. The first-order chi connectivity index (χ1) is 10.0.